The second-order valence-corrected chi connectivity index (χ2v) is 4.88. The van der Waals surface area contributed by atoms with Crippen molar-refractivity contribution in [3.63, 3.8) is 0 Å². The fourth-order valence-electron chi connectivity index (χ4n) is 2.52. The second kappa shape index (κ2) is 6.41. The lowest BCUT2D eigenvalue weighted by Gasteiger charge is -2.32. The highest BCUT2D eigenvalue weighted by Crippen LogP contribution is 2.29. The maximum atomic E-state index is 3.23. The first kappa shape index (κ1) is 12.0. The van der Waals surface area contributed by atoms with Crippen molar-refractivity contribution in [2.24, 2.45) is 5.92 Å². The van der Waals surface area contributed by atoms with Gasteiger partial charge >= 0.3 is 0 Å². The summed E-state index contributed by atoms with van der Waals surface area (Å²) < 4.78 is 0. The second-order valence-electron chi connectivity index (χ2n) is 4.88. The molecule has 0 spiro atoms. The van der Waals surface area contributed by atoms with Crippen LogP contribution in [0.3, 0.4) is 0 Å². The smallest absolute Gasteiger partial charge is 0.00893 e. The Kier molecular flexibility index (Phi) is 5.49. The van der Waals surface area contributed by atoms with Gasteiger partial charge in [0.1, 0.15) is 0 Å². The summed E-state index contributed by atoms with van der Waals surface area (Å²) >= 11 is 0. The molecule has 1 saturated carbocycles. The zero-order valence-electron chi connectivity index (χ0n) is 10.1. The third-order valence-corrected chi connectivity index (χ3v) is 3.59. The van der Waals surface area contributed by atoms with Crippen LogP contribution in [-0.2, 0) is 0 Å². The van der Waals surface area contributed by atoms with Crippen LogP contribution in [0.25, 0.3) is 0 Å². The number of hydrogen-bond acceptors (Lipinski definition) is 2. The van der Waals surface area contributed by atoms with E-state index in [4.69, 9.17) is 0 Å². The van der Waals surface area contributed by atoms with Gasteiger partial charge in [0.25, 0.3) is 0 Å². The Labute approximate surface area is 89.1 Å². The molecular formula is C12H26N2. The summed E-state index contributed by atoms with van der Waals surface area (Å²) in [5.41, 5.74) is 0. The standard InChI is InChI=1S/C12H26N2/c1-13-10-4-5-11-6-8-12(9-7-11)14(2)3/h11-13H,4-10H2,1-3H3. The van der Waals surface area contributed by atoms with Crippen molar-refractivity contribution < 1.29 is 0 Å². The van der Waals surface area contributed by atoms with E-state index in [0.29, 0.717) is 0 Å². The van der Waals surface area contributed by atoms with Gasteiger partial charge in [-0.05, 0) is 72.1 Å². The summed E-state index contributed by atoms with van der Waals surface area (Å²) in [6, 6.07) is 0.857. The monoisotopic (exact) mass is 198 g/mol. The molecule has 2 heteroatoms. The lowest BCUT2D eigenvalue weighted by atomic mass is 9.83. The molecule has 0 unspecified atom stereocenters. The molecule has 14 heavy (non-hydrogen) atoms. The van der Waals surface area contributed by atoms with Crippen molar-refractivity contribution in [2.75, 3.05) is 27.7 Å². The summed E-state index contributed by atoms with van der Waals surface area (Å²) in [5, 5.41) is 3.23. The summed E-state index contributed by atoms with van der Waals surface area (Å²) in [7, 11) is 6.47. The van der Waals surface area contributed by atoms with Gasteiger partial charge in [-0.1, -0.05) is 0 Å². The number of nitrogens with one attached hydrogen (secondary N) is 1. The van der Waals surface area contributed by atoms with E-state index in [9.17, 15) is 0 Å². The van der Waals surface area contributed by atoms with E-state index < -0.39 is 0 Å². The molecule has 2 nitrogen and oxygen atoms in total. The van der Waals surface area contributed by atoms with Crippen molar-refractivity contribution in [3.05, 3.63) is 0 Å². The van der Waals surface area contributed by atoms with Crippen LogP contribution in [0.5, 0.6) is 0 Å². The summed E-state index contributed by atoms with van der Waals surface area (Å²) in [5.74, 6) is 1.01. The molecule has 1 aliphatic rings. The van der Waals surface area contributed by atoms with Crippen LogP contribution in [0.2, 0.25) is 0 Å². The highest BCUT2D eigenvalue weighted by atomic mass is 15.1. The Bertz CT molecular complexity index is 137. The molecule has 0 aromatic heterocycles. The zero-order chi connectivity index (χ0) is 10.4. The highest BCUT2D eigenvalue weighted by molar-refractivity contribution is 4.76. The van der Waals surface area contributed by atoms with Gasteiger partial charge in [0.15, 0.2) is 0 Å². The molecule has 0 aliphatic heterocycles. The summed E-state index contributed by atoms with van der Waals surface area (Å²) in [4.78, 5) is 2.39. The Balaban J connectivity index is 2.09. The van der Waals surface area contributed by atoms with E-state index in [1.165, 1.54) is 45.1 Å². The average molecular weight is 198 g/mol. The highest BCUT2D eigenvalue weighted by Gasteiger charge is 2.21. The third-order valence-electron chi connectivity index (χ3n) is 3.59. The van der Waals surface area contributed by atoms with Crippen molar-refractivity contribution in [2.45, 2.75) is 44.6 Å². The summed E-state index contributed by atoms with van der Waals surface area (Å²) in [6.45, 7) is 1.19. The van der Waals surface area contributed by atoms with E-state index in [1.54, 1.807) is 0 Å². The van der Waals surface area contributed by atoms with Crippen molar-refractivity contribution in [3.8, 4) is 0 Å². The summed E-state index contributed by atoms with van der Waals surface area (Å²) in [6.07, 6.45) is 8.52. The maximum Gasteiger partial charge on any atom is 0.00893 e. The molecule has 0 aromatic carbocycles. The predicted molar refractivity (Wildman–Crippen MR) is 62.6 cm³/mol. The van der Waals surface area contributed by atoms with Crippen LogP contribution in [0.15, 0.2) is 0 Å². The fraction of sp³-hybridized carbons (Fsp3) is 1.00. The molecule has 0 amide bonds. The van der Waals surface area contributed by atoms with Gasteiger partial charge in [-0.2, -0.15) is 0 Å². The van der Waals surface area contributed by atoms with Crippen LogP contribution >= 0.6 is 0 Å². The SMILES string of the molecule is CNCCCC1CCC(N(C)C)CC1. The number of hydrogen-bond donors (Lipinski definition) is 1. The van der Waals surface area contributed by atoms with E-state index in [2.05, 4.69) is 24.3 Å². The first-order chi connectivity index (χ1) is 6.74. The first-order valence-corrected chi connectivity index (χ1v) is 6.05. The Morgan fingerprint density at radius 1 is 1.14 bits per heavy atom. The van der Waals surface area contributed by atoms with Gasteiger partial charge in [-0.25, -0.2) is 0 Å². The van der Waals surface area contributed by atoms with E-state index in [1.807, 2.05) is 7.05 Å². The van der Waals surface area contributed by atoms with Crippen LogP contribution in [0.4, 0.5) is 0 Å². The fourth-order valence-corrected chi connectivity index (χ4v) is 2.52. The molecule has 0 saturated heterocycles. The van der Waals surface area contributed by atoms with Crippen molar-refractivity contribution in [1.82, 2.24) is 10.2 Å². The van der Waals surface area contributed by atoms with E-state index >= 15 is 0 Å². The van der Waals surface area contributed by atoms with Gasteiger partial charge in [-0.3, -0.25) is 0 Å². The number of rotatable bonds is 5. The van der Waals surface area contributed by atoms with Crippen molar-refractivity contribution in [1.29, 1.82) is 0 Å². The molecular weight excluding hydrogens is 172 g/mol. The molecule has 0 atom stereocenters. The topological polar surface area (TPSA) is 15.3 Å². The molecule has 0 radical (unpaired) electrons. The Morgan fingerprint density at radius 2 is 1.79 bits per heavy atom. The lowest BCUT2D eigenvalue weighted by Crippen LogP contribution is -2.32. The minimum absolute atomic E-state index is 0.857. The van der Waals surface area contributed by atoms with Crippen LogP contribution in [0, 0.1) is 5.92 Å². The largest absolute Gasteiger partial charge is 0.320 e. The van der Waals surface area contributed by atoms with Gasteiger partial charge in [-0.15, -0.1) is 0 Å². The molecule has 1 fully saturated rings. The van der Waals surface area contributed by atoms with Crippen LogP contribution in [0.1, 0.15) is 38.5 Å². The van der Waals surface area contributed by atoms with Gasteiger partial charge in [0, 0.05) is 6.04 Å². The quantitative estimate of drug-likeness (QED) is 0.681. The predicted octanol–water partition coefficient (Wildman–Crippen LogP) is 2.11. The minimum Gasteiger partial charge on any atom is -0.320 e. The van der Waals surface area contributed by atoms with E-state index in [0.717, 1.165) is 12.0 Å². The number of nitrogens with zero attached hydrogens (tertiary/aromatic N) is 1. The molecule has 0 bridgehead atoms. The molecule has 0 heterocycles. The van der Waals surface area contributed by atoms with Crippen molar-refractivity contribution >= 4 is 0 Å². The Morgan fingerprint density at radius 3 is 2.29 bits per heavy atom. The average Bonchev–Trinajstić information content (AvgIpc) is 2.19. The van der Waals surface area contributed by atoms with Crippen LogP contribution < -0.4 is 5.32 Å². The third kappa shape index (κ3) is 3.97. The molecule has 0 aromatic rings. The first-order valence-electron chi connectivity index (χ1n) is 6.05. The van der Waals surface area contributed by atoms with E-state index in [-0.39, 0.29) is 0 Å². The Hall–Kier alpha value is -0.0800. The van der Waals surface area contributed by atoms with Gasteiger partial charge in [0.2, 0.25) is 0 Å². The lowest BCUT2D eigenvalue weighted by molar-refractivity contribution is 0.187. The van der Waals surface area contributed by atoms with Gasteiger partial charge in [0.05, 0.1) is 0 Å². The maximum absolute atomic E-state index is 3.23. The molecule has 1 N–H and O–H groups in total. The zero-order valence-corrected chi connectivity index (χ0v) is 10.1. The van der Waals surface area contributed by atoms with Crippen LogP contribution in [-0.4, -0.2) is 38.6 Å². The normalized spacial score (nSPS) is 28.3. The molecule has 1 rings (SSSR count). The minimum atomic E-state index is 0.857. The van der Waals surface area contributed by atoms with Gasteiger partial charge < -0.3 is 10.2 Å². The molecule has 84 valence electrons. The molecule has 1 aliphatic carbocycles.